The molecule has 0 rings (SSSR count). The molecule has 17 heavy (non-hydrogen) atoms. The lowest BCUT2D eigenvalue weighted by Gasteiger charge is -1.84. The smallest absolute Gasteiger partial charge is 0.328 e. The zero-order chi connectivity index (χ0) is 13.5. The van der Waals surface area contributed by atoms with Crippen molar-refractivity contribution in [2.75, 3.05) is 0 Å². The highest BCUT2D eigenvalue weighted by Gasteiger charge is 1.88. The van der Waals surface area contributed by atoms with E-state index in [2.05, 4.69) is 13.0 Å². The van der Waals surface area contributed by atoms with Gasteiger partial charge in [0.2, 0.25) is 0 Å². The molecule has 96 valence electrons. The van der Waals surface area contributed by atoms with Crippen molar-refractivity contribution in [3.63, 3.8) is 0 Å². The average molecular weight is 242 g/mol. The van der Waals surface area contributed by atoms with Gasteiger partial charge in [-0.05, 0) is 12.5 Å². The fourth-order valence-corrected chi connectivity index (χ4v) is 0.689. The molecule has 0 atom stereocenters. The summed E-state index contributed by atoms with van der Waals surface area (Å²) in [5.41, 5.74) is 0. The molecule has 5 nitrogen and oxygen atoms in total. The van der Waals surface area contributed by atoms with E-state index in [4.69, 9.17) is 15.3 Å². The molecule has 0 aromatic rings. The number of hydrogen-bond donors (Lipinski definition) is 3. The normalized spacial score (nSPS) is 10.6. The molecule has 0 saturated carbocycles. The molecule has 0 spiro atoms. The van der Waals surface area contributed by atoms with Gasteiger partial charge in [0.15, 0.2) is 0 Å². The van der Waals surface area contributed by atoms with Gasteiger partial charge in [-0.15, -0.1) is 0 Å². The zero-order valence-electron chi connectivity index (χ0n) is 9.74. The van der Waals surface area contributed by atoms with Crippen molar-refractivity contribution in [2.45, 2.75) is 26.2 Å². The number of aliphatic hydroxyl groups is 1. The standard InChI is InChI=1S/C8H14O.C4H4O4/c1-2-3-4-5-6-7-8-9;5-3(6)1-2-4(7)8/h5-9H,2-4H2,1H3;1-2H,(H,5,6)(H,7,8)/b6-5+,8-7+;2-1+. The summed E-state index contributed by atoms with van der Waals surface area (Å²) < 4.78 is 0. The summed E-state index contributed by atoms with van der Waals surface area (Å²) in [5, 5.41) is 23.8. The predicted octanol–water partition coefficient (Wildman–Crippen LogP) is 2.52. The molecule has 0 aliphatic rings. The molecule has 3 N–H and O–H groups in total. The van der Waals surface area contributed by atoms with Crippen molar-refractivity contribution in [1.82, 2.24) is 0 Å². The van der Waals surface area contributed by atoms with Gasteiger partial charge in [-0.1, -0.05) is 31.9 Å². The van der Waals surface area contributed by atoms with E-state index in [0.717, 1.165) is 12.7 Å². The van der Waals surface area contributed by atoms with Gasteiger partial charge in [-0.2, -0.15) is 0 Å². The van der Waals surface area contributed by atoms with Crippen LogP contribution in [0.4, 0.5) is 0 Å². The Morgan fingerprint density at radius 1 is 1.06 bits per heavy atom. The van der Waals surface area contributed by atoms with Crippen LogP contribution in [0.3, 0.4) is 0 Å². The van der Waals surface area contributed by atoms with Gasteiger partial charge in [-0.3, -0.25) is 0 Å². The summed E-state index contributed by atoms with van der Waals surface area (Å²) >= 11 is 0. The average Bonchev–Trinajstić information content (AvgIpc) is 2.27. The van der Waals surface area contributed by atoms with Crippen molar-refractivity contribution in [2.24, 2.45) is 0 Å². The molecule has 0 fully saturated rings. The van der Waals surface area contributed by atoms with E-state index in [9.17, 15) is 9.59 Å². The van der Waals surface area contributed by atoms with E-state index in [1.807, 2.05) is 6.08 Å². The third kappa shape index (κ3) is 24.9. The summed E-state index contributed by atoms with van der Waals surface area (Å²) in [6.45, 7) is 2.16. The van der Waals surface area contributed by atoms with Crippen LogP contribution in [0.25, 0.3) is 0 Å². The Kier molecular flexibility index (Phi) is 14.3. The molecule has 0 aliphatic heterocycles. The van der Waals surface area contributed by atoms with Gasteiger partial charge in [0, 0.05) is 12.2 Å². The van der Waals surface area contributed by atoms with Crippen molar-refractivity contribution in [3.8, 4) is 0 Å². The van der Waals surface area contributed by atoms with Crippen molar-refractivity contribution in [3.05, 3.63) is 36.6 Å². The van der Waals surface area contributed by atoms with Crippen LogP contribution < -0.4 is 0 Å². The molecule has 0 aromatic heterocycles. The number of carbonyl (C=O) groups is 2. The maximum absolute atomic E-state index is 9.55. The summed E-state index contributed by atoms with van der Waals surface area (Å²) in [7, 11) is 0. The monoisotopic (exact) mass is 242 g/mol. The molecule has 0 aliphatic carbocycles. The molecule has 0 bridgehead atoms. The number of hydrogen-bond acceptors (Lipinski definition) is 3. The molecule has 0 unspecified atom stereocenters. The Labute approximate surface area is 100 Å². The molecule has 0 saturated heterocycles. The predicted molar refractivity (Wildman–Crippen MR) is 64.8 cm³/mol. The molecule has 5 heteroatoms. The van der Waals surface area contributed by atoms with Crippen molar-refractivity contribution in [1.29, 1.82) is 0 Å². The number of rotatable bonds is 6. The molecule has 0 radical (unpaired) electrons. The minimum Gasteiger partial charge on any atom is -0.516 e. The first-order chi connectivity index (χ1) is 8.04. The first-order valence-corrected chi connectivity index (χ1v) is 5.14. The Bertz CT molecular complexity index is 273. The first kappa shape index (κ1) is 17.4. The quantitative estimate of drug-likeness (QED) is 0.288. The minimum absolute atomic E-state index is 0.558. The van der Waals surface area contributed by atoms with Crippen LogP contribution in [0, 0.1) is 0 Å². The fourth-order valence-electron chi connectivity index (χ4n) is 0.689. The van der Waals surface area contributed by atoms with Gasteiger partial charge >= 0.3 is 11.9 Å². The highest BCUT2D eigenvalue weighted by Crippen LogP contribution is 1.94. The van der Waals surface area contributed by atoms with Gasteiger partial charge in [-0.25, -0.2) is 9.59 Å². The first-order valence-electron chi connectivity index (χ1n) is 5.14. The molecular formula is C12H18O5. The summed E-state index contributed by atoms with van der Waals surface area (Å²) in [6, 6.07) is 0. The van der Waals surface area contributed by atoms with Crippen LogP contribution in [-0.2, 0) is 9.59 Å². The summed E-state index contributed by atoms with van der Waals surface area (Å²) in [5.74, 6) is -2.51. The number of carboxylic acids is 2. The fraction of sp³-hybridized carbons (Fsp3) is 0.333. The van der Waals surface area contributed by atoms with Gasteiger partial charge in [0.1, 0.15) is 0 Å². The molecule has 0 heterocycles. The lowest BCUT2D eigenvalue weighted by atomic mass is 10.2. The van der Waals surface area contributed by atoms with E-state index in [0.29, 0.717) is 12.2 Å². The van der Waals surface area contributed by atoms with Crippen molar-refractivity contribution >= 4 is 11.9 Å². The highest BCUT2D eigenvalue weighted by molar-refractivity contribution is 5.89. The van der Waals surface area contributed by atoms with Crippen LogP contribution in [-0.4, -0.2) is 27.3 Å². The Balaban J connectivity index is 0. The zero-order valence-corrected chi connectivity index (χ0v) is 9.74. The number of allylic oxidation sites excluding steroid dienone is 3. The second-order valence-electron chi connectivity index (χ2n) is 2.92. The lowest BCUT2D eigenvalue weighted by Crippen LogP contribution is -1.91. The van der Waals surface area contributed by atoms with E-state index < -0.39 is 11.9 Å². The lowest BCUT2D eigenvalue weighted by molar-refractivity contribution is -0.134. The summed E-state index contributed by atoms with van der Waals surface area (Å²) in [6.07, 6.45) is 11.3. The van der Waals surface area contributed by atoms with E-state index >= 15 is 0 Å². The van der Waals surface area contributed by atoms with Crippen LogP contribution >= 0.6 is 0 Å². The topological polar surface area (TPSA) is 94.8 Å². The number of aliphatic carboxylic acids is 2. The SMILES string of the molecule is CCCC/C=C/C=C/O.O=C(O)/C=C/C(=O)O. The van der Waals surface area contributed by atoms with Crippen LogP contribution in [0.15, 0.2) is 36.6 Å². The third-order valence-electron chi connectivity index (χ3n) is 1.43. The molecule has 0 aromatic carbocycles. The Hall–Kier alpha value is -2.04. The van der Waals surface area contributed by atoms with E-state index in [1.165, 1.54) is 12.8 Å². The van der Waals surface area contributed by atoms with E-state index in [1.54, 1.807) is 6.08 Å². The third-order valence-corrected chi connectivity index (χ3v) is 1.43. The van der Waals surface area contributed by atoms with Gasteiger partial charge in [0.05, 0.1) is 6.26 Å². The maximum Gasteiger partial charge on any atom is 0.328 e. The Morgan fingerprint density at radius 3 is 1.94 bits per heavy atom. The second-order valence-corrected chi connectivity index (χ2v) is 2.92. The summed E-state index contributed by atoms with van der Waals surface area (Å²) in [4.78, 5) is 19.1. The largest absolute Gasteiger partial charge is 0.516 e. The highest BCUT2D eigenvalue weighted by atomic mass is 16.4. The van der Waals surface area contributed by atoms with Crippen molar-refractivity contribution < 1.29 is 24.9 Å². The maximum atomic E-state index is 9.55. The Morgan fingerprint density at radius 2 is 1.59 bits per heavy atom. The molecule has 0 amide bonds. The van der Waals surface area contributed by atoms with Gasteiger partial charge < -0.3 is 15.3 Å². The minimum atomic E-state index is -1.26. The van der Waals surface area contributed by atoms with Crippen LogP contribution in [0.2, 0.25) is 0 Å². The number of aliphatic hydroxyl groups excluding tert-OH is 1. The second kappa shape index (κ2) is 14.0. The van der Waals surface area contributed by atoms with Gasteiger partial charge in [0.25, 0.3) is 0 Å². The number of unbranched alkanes of at least 4 members (excludes halogenated alkanes) is 2. The van der Waals surface area contributed by atoms with Crippen LogP contribution in [0.5, 0.6) is 0 Å². The van der Waals surface area contributed by atoms with E-state index in [-0.39, 0.29) is 0 Å². The molecular weight excluding hydrogens is 224 g/mol. The number of carboxylic acid groups (broad SMARTS) is 2. The van der Waals surface area contributed by atoms with Crippen LogP contribution in [0.1, 0.15) is 26.2 Å².